The molecule has 2 N–H and O–H groups in total. The predicted octanol–water partition coefficient (Wildman–Crippen LogP) is 2.63. The second kappa shape index (κ2) is 4.30. The highest BCUT2D eigenvalue weighted by Crippen LogP contribution is 2.34. The number of aromatic nitrogens is 2. The second-order valence-electron chi connectivity index (χ2n) is 4.10. The minimum Gasteiger partial charge on any atom is -0.369 e. The number of hydrogen-bond donors (Lipinski definition) is 2. The van der Waals surface area contributed by atoms with E-state index in [1.807, 2.05) is 6.07 Å². The lowest BCUT2D eigenvalue weighted by atomic mass is 9.95. The molecule has 0 radical (unpaired) electrons. The smallest absolute Gasteiger partial charge is 0.256 e. The molecule has 1 aromatic carbocycles. The molecule has 0 saturated carbocycles. The third kappa shape index (κ3) is 1.78. The summed E-state index contributed by atoms with van der Waals surface area (Å²) in [5, 5.41) is 4.11. The number of fused-ring (bicyclic) bond motifs is 1. The van der Waals surface area contributed by atoms with Crippen LogP contribution in [-0.4, -0.2) is 16.5 Å². The summed E-state index contributed by atoms with van der Waals surface area (Å²) >= 11 is 11.9. The molecule has 0 saturated heterocycles. The molecular formula is C12H9Cl2N3O. The molecule has 2 heterocycles. The van der Waals surface area contributed by atoms with Gasteiger partial charge in [0.25, 0.3) is 5.56 Å². The van der Waals surface area contributed by atoms with E-state index in [2.05, 4.69) is 15.3 Å². The Hall–Kier alpha value is -1.52. The quantitative estimate of drug-likeness (QED) is 0.845. The van der Waals surface area contributed by atoms with E-state index < -0.39 is 0 Å². The molecule has 0 aliphatic carbocycles. The average molecular weight is 282 g/mol. The lowest BCUT2D eigenvalue weighted by molar-refractivity contribution is 0.887. The molecule has 0 amide bonds. The topological polar surface area (TPSA) is 57.8 Å². The molecule has 0 spiro atoms. The molecular weight excluding hydrogens is 273 g/mol. The summed E-state index contributed by atoms with van der Waals surface area (Å²) in [6, 6.07) is 5.40. The third-order valence-electron chi connectivity index (χ3n) is 3.06. The van der Waals surface area contributed by atoms with Crippen LogP contribution in [0.15, 0.2) is 29.3 Å². The summed E-state index contributed by atoms with van der Waals surface area (Å²) in [5.74, 6) is 0.585. The van der Waals surface area contributed by atoms with Gasteiger partial charge < -0.3 is 10.3 Å². The van der Waals surface area contributed by atoms with Crippen LogP contribution in [0.2, 0.25) is 10.0 Å². The highest BCUT2D eigenvalue weighted by Gasteiger charge is 2.28. The van der Waals surface area contributed by atoms with Crippen molar-refractivity contribution >= 4 is 29.0 Å². The van der Waals surface area contributed by atoms with Crippen molar-refractivity contribution in [3.05, 3.63) is 56.1 Å². The summed E-state index contributed by atoms with van der Waals surface area (Å²) in [4.78, 5) is 18.6. The molecule has 0 fully saturated rings. The fourth-order valence-corrected chi connectivity index (χ4v) is 2.50. The normalized spacial score (nSPS) is 17.3. The number of hydrogen-bond acceptors (Lipinski definition) is 3. The van der Waals surface area contributed by atoms with Gasteiger partial charge in [-0.1, -0.05) is 29.3 Å². The van der Waals surface area contributed by atoms with E-state index in [9.17, 15) is 4.79 Å². The van der Waals surface area contributed by atoms with Crippen LogP contribution >= 0.6 is 23.2 Å². The Morgan fingerprint density at radius 2 is 2.11 bits per heavy atom. The minimum atomic E-state index is -0.124. The number of rotatable bonds is 1. The van der Waals surface area contributed by atoms with Crippen molar-refractivity contribution in [1.82, 2.24) is 9.97 Å². The van der Waals surface area contributed by atoms with Gasteiger partial charge in [-0.25, -0.2) is 4.98 Å². The van der Waals surface area contributed by atoms with Gasteiger partial charge >= 0.3 is 0 Å². The fourth-order valence-electron chi connectivity index (χ4n) is 2.19. The van der Waals surface area contributed by atoms with E-state index in [-0.39, 0.29) is 11.5 Å². The first kappa shape index (κ1) is 11.6. The van der Waals surface area contributed by atoms with E-state index in [0.717, 1.165) is 5.56 Å². The Bertz CT molecular complexity index is 669. The largest absolute Gasteiger partial charge is 0.369 e. The van der Waals surface area contributed by atoms with Crippen molar-refractivity contribution in [3.8, 4) is 0 Å². The first-order valence-corrected chi connectivity index (χ1v) is 6.19. The molecule has 18 heavy (non-hydrogen) atoms. The van der Waals surface area contributed by atoms with Gasteiger partial charge in [0, 0.05) is 12.5 Å². The number of anilines is 1. The highest BCUT2D eigenvalue weighted by molar-refractivity contribution is 6.42. The maximum Gasteiger partial charge on any atom is 0.256 e. The number of halogens is 2. The van der Waals surface area contributed by atoms with Crippen LogP contribution in [0.25, 0.3) is 0 Å². The summed E-state index contributed by atoms with van der Waals surface area (Å²) in [6.45, 7) is 0.632. The van der Waals surface area contributed by atoms with E-state index in [0.29, 0.717) is 28.0 Å². The first-order chi connectivity index (χ1) is 8.66. The van der Waals surface area contributed by atoms with Gasteiger partial charge in [-0.2, -0.15) is 0 Å². The second-order valence-corrected chi connectivity index (χ2v) is 4.92. The average Bonchev–Trinajstić information content (AvgIpc) is 2.78. The highest BCUT2D eigenvalue weighted by atomic mass is 35.5. The molecule has 1 unspecified atom stereocenters. The Morgan fingerprint density at radius 1 is 1.28 bits per heavy atom. The third-order valence-corrected chi connectivity index (χ3v) is 3.80. The predicted molar refractivity (Wildman–Crippen MR) is 71.7 cm³/mol. The number of nitrogens with one attached hydrogen (secondary N) is 2. The van der Waals surface area contributed by atoms with Crippen LogP contribution in [0.1, 0.15) is 17.0 Å². The fraction of sp³-hybridized carbons (Fsp3) is 0.167. The summed E-state index contributed by atoms with van der Waals surface area (Å²) < 4.78 is 0. The number of aromatic amines is 1. The summed E-state index contributed by atoms with van der Waals surface area (Å²) in [6.07, 6.45) is 1.39. The lowest BCUT2D eigenvalue weighted by Crippen LogP contribution is -2.15. The van der Waals surface area contributed by atoms with Gasteiger partial charge in [0.1, 0.15) is 5.82 Å². The zero-order valence-electron chi connectivity index (χ0n) is 9.21. The van der Waals surface area contributed by atoms with E-state index in [4.69, 9.17) is 23.2 Å². The monoisotopic (exact) mass is 281 g/mol. The Labute approximate surface area is 113 Å². The maximum absolute atomic E-state index is 11.9. The Morgan fingerprint density at radius 3 is 2.89 bits per heavy atom. The van der Waals surface area contributed by atoms with Crippen LogP contribution in [0, 0.1) is 0 Å². The van der Waals surface area contributed by atoms with Crippen LogP contribution in [-0.2, 0) is 0 Å². The van der Waals surface area contributed by atoms with Gasteiger partial charge in [0.2, 0.25) is 0 Å². The van der Waals surface area contributed by atoms with Crippen molar-refractivity contribution in [1.29, 1.82) is 0 Å². The Kier molecular flexibility index (Phi) is 2.76. The first-order valence-electron chi connectivity index (χ1n) is 5.43. The lowest BCUT2D eigenvalue weighted by Gasteiger charge is -2.10. The van der Waals surface area contributed by atoms with E-state index in [1.54, 1.807) is 12.1 Å². The molecule has 0 bridgehead atoms. The van der Waals surface area contributed by atoms with Crippen LogP contribution < -0.4 is 10.9 Å². The van der Waals surface area contributed by atoms with Gasteiger partial charge in [-0.05, 0) is 17.7 Å². The van der Waals surface area contributed by atoms with Gasteiger partial charge in [-0.3, -0.25) is 4.79 Å². The number of H-pyrrole nitrogens is 1. The van der Waals surface area contributed by atoms with Gasteiger partial charge in [0.15, 0.2) is 0 Å². The molecule has 6 heteroatoms. The van der Waals surface area contributed by atoms with Crippen LogP contribution in [0.5, 0.6) is 0 Å². The molecule has 2 aromatic rings. The maximum atomic E-state index is 11.9. The van der Waals surface area contributed by atoms with Crippen LogP contribution in [0.3, 0.4) is 0 Å². The summed E-state index contributed by atoms with van der Waals surface area (Å²) in [5.41, 5.74) is 1.48. The van der Waals surface area contributed by atoms with Gasteiger partial charge in [0.05, 0.1) is 21.9 Å². The summed E-state index contributed by atoms with van der Waals surface area (Å²) in [7, 11) is 0. The van der Waals surface area contributed by atoms with Crippen molar-refractivity contribution in [2.75, 3.05) is 11.9 Å². The molecule has 1 atom stereocenters. The standard InChI is InChI=1S/C12H9Cl2N3O/c13-8-2-1-6(3-9(8)14)7-4-15-11-10(7)12(18)17-5-16-11/h1-3,5,7H,4H2,(H2,15,16,17,18). The van der Waals surface area contributed by atoms with Crippen molar-refractivity contribution < 1.29 is 0 Å². The zero-order valence-corrected chi connectivity index (χ0v) is 10.7. The molecule has 1 aliphatic rings. The molecule has 4 nitrogen and oxygen atoms in total. The van der Waals surface area contributed by atoms with E-state index in [1.165, 1.54) is 6.33 Å². The SMILES string of the molecule is O=c1[nH]cnc2c1C(c1ccc(Cl)c(Cl)c1)CN2. The van der Waals surface area contributed by atoms with E-state index >= 15 is 0 Å². The minimum absolute atomic E-state index is 0.0489. The van der Waals surface area contributed by atoms with Crippen molar-refractivity contribution in [2.24, 2.45) is 0 Å². The van der Waals surface area contributed by atoms with Crippen LogP contribution in [0.4, 0.5) is 5.82 Å². The molecule has 3 rings (SSSR count). The number of benzene rings is 1. The molecule has 92 valence electrons. The van der Waals surface area contributed by atoms with Crippen molar-refractivity contribution in [2.45, 2.75) is 5.92 Å². The zero-order chi connectivity index (χ0) is 12.7. The Balaban J connectivity index is 2.11. The number of nitrogens with zero attached hydrogens (tertiary/aromatic N) is 1. The molecule has 1 aromatic heterocycles. The van der Waals surface area contributed by atoms with Crippen molar-refractivity contribution in [3.63, 3.8) is 0 Å². The van der Waals surface area contributed by atoms with Gasteiger partial charge in [-0.15, -0.1) is 0 Å². The molecule has 1 aliphatic heterocycles.